The fraction of sp³-hybridized carbons (Fsp3) is 0.263. The summed E-state index contributed by atoms with van der Waals surface area (Å²) in [6.45, 7) is -0.00609. The molecule has 0 radical (unpaired) electrons. The highest BCUT2D eigenvalue weighted by Crippen LogP contribution is 2.25. The molecule has 26 heavy (non-hydrogen) atoms. The summed E-state index contributed by atoms with van der Waals surface area (Å²) in [6.07, 6.45) is 0.899. The Balaban J connectivity index is 1.84. The van der Waals surface area contributed by atoms with Crippen LogP contribution in [0.5, 0.6) is 5.75 Å². The van der Waals surface area contributed by atoms with Gasteiger partial charge in [0.25, 0.3) is 0 Å². The predicted octanol–water partition coefficient (Wildman–Crippen LogP) is 3.50. The molecule has 0 aliphatic carbocycles. The summed E-state index contributed by atoms with van der Waals surface area (Å²) in [4.78, 5) is 23.5. The first-order valence-electron chi connectivity index (χ1n) is 8.03. The molecule has 0 saturated carbocycles. The van der Waals surface area contributed by atoms with Gasteiger partial charge in [-0.3, -0.25) is 9.59 Å². The molecule has 138 valence electrons. The maximum absolute atomic E-state index is 12.1. The Kier molecular flexibility index (Phi) is 7.44. The maximum atomic E-state index is 12.1. The molecular formula is C19H21ClN2O4. The van der Waals surface area contributed by atoms with E-state index >= 15 is 0 Å². The van der Waals surface area contributed by atoms with Gasteiger partial charge >= 0.3 is 0 Å². The lowest BCUT2D eigenvalue weighted by Crippen LogP contribution is -2.17. The number of ether oxygens (including phenoxy) is 2. The van der Waals surface area contributed by atoms with E-state index < -0.39 is 0 Å². The van der Waals surface area contributed by atoms with Crippen molar-refractivity contribution in [2.75, 3.05) is 31.5 Å². The van der Waals surface area contributed by atoms with E-state index in [-0.39, 0.29) is 18.4 Å². The predicted molar refractivity (Wildman–Crippen MR) is 102 cm³/mol. The molecule has 0 heterocycles. The molecule has 0 unspecified atom stereocenters. The number of carbonyl (C=O) groups is 2. The second kappa shape index (κ2) is 9.79. The van der Waals surface area contributed by atoms with E-state index in [4.69, 9.17) is 21.1 Å². The number of carbonyl (C=O) groups excluding carboxylic acids is 2. The highest BCUT2D eigenvalue weighted by molar-refractivity contribution is 6.32. The summed E-state index contributed by atoms with van der Waals surface area (Å²) < 4.78 is 9.86. The van der Waals surface area contributed by atoms with E-state index in [1.54, 1.807) is 43.5 Å². The van der Waals surface area contributed by atoms with Gasteiger partial charge in [0.1, 0.15) is 12.4 Å². The van der Waals surface area contributed by atoms with Crippen LogP contribution in [-0.4, -0.2) is 32.6 Å². The van der Waals surface area contributed by atoms with Gasteiger partial charge in [-0.2, -0.15) is 0 Å². The largest absolute Gasteiger partial charge is 0.495 e. The number of aryl methyl sites for hydroxylation is 1. The van der Waals surface area contributed by atoms with Crippen molar-refractivity contribution in [3.05, 3.63) is 53.1 Å². The van der Waals surface area contributed by atoms with Gasteiger partial charge < -0.3 is 20.1 Å². The van der Waals surface area contributed by atoms with Crippen molar-refractivity contribution < 1.29 is 19.1 Å². The van der Waals surface area contributed by atoms with Crippen LogP contribution in [0.15, 0.2) is 42.5 Å². The van der Waals surface area contributed by atoms with Crippen LogP contribution in [0.2, 0.25) is 5.02 Å². The van der Waals surface area contributed by atoms with Crippen molar-refractivity contribution in [2.24, 2.45) is 0 Å². The van der Waals surface area contributed by atoms with Gasteiger partial charge in [-0.15, -0.1) is 0 Å². The minimum Gasteiger partial charge on any atom is -0.495 e. The average molecular weight is 377 g/mol. The Labute approximate surface area is 157 Å². The van der Waals surface area contributed by atoms with Crippen molar-refractivity contribution in [3.8, 4) is 5.75 Å². The van der Waals surface area contributed by atoms with E-state index in [1.165, 1.54) is 7.11 Å². The van der Waals surface area contributed by atoms with Gasteiger partial charge in [-0.05, 0) is 48.4 Å². The van der Waals surface area contributed by atoms with Gasteiger partial charge in [0.05, 0.1) is 12.1 Å². The van der Waals surface area contributed by atoms with Crippen molar-refractivity contribution in [1.82, 2.24) is 0 Å². The summed E-state index contributed by atoms with van der Waals surface area (Å²) >= 11 is 6.08. The zero-order chi connectivity index (χ0) is 18.9. The van der Waals surface area contributed by atoms with Crippen molar-refractivity contribution in [3.63, 3.8) is 0 Å². The fourth-order valence-electron chi connectivity index (χ4n) is 2.31. The third-order valence-corrected chi connectivity index (χ3v) is 3.88. The normalized spacial score (nSPS) is 10.3. The van der Waals surface area contributed by atoms with E-state index in [0.29, 0.717) is 35.0 Å². The van der Waals surface area contributed by atoms with Crippen LogP contribution in [0, 0.1) is 0 Å². The summed E-state index contributed by atoms with van der Waals surface area (Å²) in [6, 6.07) is 12.3. The molecule has 2 rings (SSSR count). The van der Waals surface area contributed by atoms with Crippen LogP contribution in [0.4, 0.5) is 11.4 Å². The van der Waals surface area contributed by atoms with Crippen LogP contribution < -0.4 is 15.4 Å². The molecule has 0 spiro atoms. The van der Waals surface area contributed by atoms with Crippen LogP contribution in [0.25, 0.3) is 0 Å². The molecule has 6 nitrogen and oxygen atoms in total. The first-order valence-corrected chi connectivity index (χ1v) is 8.40. The number of hydrogen-bond acceptors (Lipinski definition) is 4. The van der Waals surface area contributed by atoms with Gasteiger partial charge in [0.15, 0.2) is 0 Å². The van der Waals surface area contributed by atoms with E-state index in [1.807, 2.05) is 6.07 Å². The molecule has 2 N–H and O–H groups in total. The number of nitrogens with one attached hydrogen (secondary N) is 2. The summed E-state index contributed by atoms with van der Waals surface area (Å²) in [5.74, 6) is 0.271. The molecular weight excluding hydrogens is 356 g/mol. The highest BCUT2D eigenvalue weighted by Gasteiger charge is 2.07. The fourth-order valence-corrected chi connectivity index (χ4v) is 2.59. The van der Waals surface area contributed by atoms with Gasteiger partial charge in [-0.1, -0.05) is 17.7 Å². The van der Waals surface area contributed by atoms with E-state index in [0.717, 1.165) is 5.56 Å². The molecule has 0 aromatic heterocycles. The Morgan fingerprint density at radius 1 is 0.962 bits per heavy atom. The van der Waals surface area contributed by atoms with E-state index in [2.05, 4.69) is 10.6 Å². The van der Waals surface area contributed by atoms with Crippen LogP contribution in [-0.2, 0) is 20.7 Å². The molecule has 0 bridgehead atoms. The van der Waals surface area contributed by atoms with Crippen LogP contribution in [0.1, 0.15) is 12.0 Å². The van der Waals surface area contributed by atoms with Gasteiger partial charge in [0, 0.05) is 24.9 Å². The van der Waals surface area contributed by atoms with Crippen molar-refractivity contribution >= 4 is 34.8 Å². The molecule has 2 amide bonds. The second-order valence-electron chi connectivity index (χ2n) is 5.58. The quantitative estimate of drug-likeness (QED) is 0.739. The summed E-state index contributed by atoms with van der Waals surface area (Å²) in [5.41, 5.74) is 2.26. The first kappa shape index (κ1) is 19.8. The molecule has 0 aliphatic rings. The van der Waals surface area contributed by atoms with Gasteiger partial charge in [0.2, 0.25) is 11.8 Å². The summed E-state index contributed by atoms with van der Waals surface area (Å²) in [5, 5.41) is 6.03. The Morgan fingerprint density at radius 3 is 2.12 bits per heavy atom. The molecule has 2 aromatic carbocycles. The van der Waals surface area contributed by atoms with Crippen molar-refractivity contribution in [1.29, 1.82) is 0 Å². The third kappa shape index (κ3) is 6.06. The molecule has 0 atom stereocenters. The lowest BCUT2D eigenvalue weighted by Gasteiger charge is -2.09. The molecule has 0 saturated heterocycles. The lowest BCUT2D eigenvalue weighted by atomic mass is 10.1. The maximum Gasteiger partial charge on any atom is 0.250 e. The zero-order valence-corrected chi connectivity index (χ0v) is 15.4. The molecule has 2 aromatic rings. The summed E-state index contributed by atoms with van der Waals surface area (Å²) in [7, 11) is 3.01. The standard InChI is InChI=1S/C19H21ClN2O4/c1-25-12-19(24)22-15-7-5-14(6-8-15)21-18(23)10-4-13-3-9-17(26-2)16(20)11-13/h3,5-9,11H,4,10,12H2,1-2H3,(H,21,23)(H,22,24). The van der Waals surface area contributed by atoms with Crippen LogP contribution in [0.3, 0.4) is 0 Å². The SMILES string of the molecule is COCC(=O)Nc1ccc(NC(=O)CCc2ccc(OC)c(Cl)c2)cc1. The Bertz CT molecular complexity index is 763. The molecule has 0 fully saturated rings. The number of rotatable bonds is 8. The smallest absolute Gasteiger partial charge is 0.250 e. The average Bonchev–Trinajstić information content (AvgIpc) is 2.62. The number of hydrogen-bond donors (Lipinski definition) is 2. The first-order chi connectivity index (χ1) is 12.5. The second-order valence-corrected chi connectivity index (χ2v) is 5.98. The third-order valence-electron chi connectivity index (χ3n) is 3.58. The lowest BCUT2D eigenvalue weighted by molar-refractivity contribution is -0.119. The monoisotopic (exact) mass is 376 g/mol. The minimum atomic E-state index is -0.234. The number of methoxy groups -OCH3 is 2. The van der Waals surface area contributed by atoms with Gasteiger partial charge in [-0.25, -0.2) is 0 Å². The minimum absolute atomic E-state index is 0.00609. The number of benzene rings is 2. The zero-order valence-electron chi connectivity index (χ0n) is 14.7. The highest BCUT2D eigenvalue weighted by atomic mass is 35.5. The molecule has 0 aliphatic heterocycles. The number of amides is 2. The topological polar surface area (TPSA) is 76.7 Å². The Morgan fingerprint density at radius 2 is 1.58 bits per heavy atom. The van der Waals surface area contributed by atoms with Crippen LogP contribution >= 0.6 is 11.6 Å². The van der Waals surface area contributed by atoms with E-state index in [9.17, 15) is 9.59 Å². The molecule has 7 heteroatoms. The number of anilines is 2. The van der Waals surface area contributed by atoms with Crippen molar-refractivity contribution in [2.45, 2.75) is 12.8 Å². The Hall–Kier alpha value is -2.57. The number of halogens is 1.